The lowest BCUT2D eigenvalue weighted by Crippen LogP contribution is -2.47. The molecule has 0 amide bonds. The molecule has 3 aromatic heterocycles. The highest BCUT2D eigenvalue weighted by atomic mass is 16.6. The van der Waals surface area contributed by atoms with Gasteiger partial charge in [0.25, 0.3) is 0 Å². The molecule has 4 heterocycles. The summed E-state index contributed by atoms with van der Waals surface area (Å²) in [6.45, 7) is 2.90. The fourth-order valence-electron chi connectivity index (χ4n) is 4.18. The number of nitro groups is 1. The summed E-state index contributed by atoms with van der Waals surface area (Å²) in [5, 5.41) is 12.4. The molecule has 1 aromatic carbocycles. The second-order valence-corrected chi connectivity index (χ2v) is 8.05. The molecule has 176 valence electrons. The van der Waals surface area contributed by atoms with Crippen molar-refractivity contribution in [3.05, 3.63) is 101 Å². The van der Waals surface area contributed by atoms with E-state index in [1.165, 1.54) is 6.33 Å². The Bertz CT molecular complexity index is 1270. The maximum Gasteiger partial charge on any atom is 0.354 e. The van der Waals surface area contributed by atoms with Gasteiger partial charge in [-0.05, 0) is 29.8 Å². The van der Waals surface area contributed by atoms with Crippen LogP contribution in [0.4, 0.5) is 29.0 Å². The molecule has 35 heavy (non-hydrogen) atoms. The third kappa shape index (κ3) is 4.86. The Kier molecular flexibility index (Phi) is 6.42. The van der Waals surface area contributed by atoms with Crippen LogP contribution in [0.15, 0.2) is 85.5 Å². The molecule has 1 fully saturated rings. The number of anilines is 4. The number of piperazine rings is 1. The normalized spacial score (nSPS) is 13.5. The lowest BCUT2D eigenvalue weighted by atomic mass is 10.2. The van der Waals surface area contributed by atoms with Crippen LogP contribution in [0, 0.1) is 10.1 Å². The van der Waals surface area contributed by atoms with Gasteiger partial charge >= 0.3 is 5.69 Å². The minimum atomic E-state index is -0.392. The molecule has 4 aromatic rings. The third-order valence-electron chi connectivity index (χ3n) is 5.88. The number of rotatable bonds is 7. The van der Waals surface area contributed by atoms with Gasteiger partial charge in [-0.25, -0.2) is 19.9 Å². The zero-order chi connectivity index (χ0) is 24.0. The average Bonchev–Trinajstić information content (AvgIpc) is 2.93. The first kappa shape index (κ1) is 22.2. The lowest BCUT2D eigenvalue weighted by molar-refractivity contribution is -0.383. The van der Waals surface area contributed by atoms with E-state index >= 15 is 0 Å². The summed E-state index contributed by atoms with van der Waals surface area (Å²) < 4.78 is 0. The van der Waals surface area contributed by atoms with Crippen LogP contribution in [-0.4, -0.2) is 51.0 Å². The number of nitrogens with zero attached hydrogens (tertiary/aromatic N) is 8. The predicted octanol–water partition coefficient (Wildman–Crippen LogP) is 3.84. The quantitative estimate of drug-likeness (QED) is 0.295. The Morgan fingerprint density at radius 2 is 1.49 bits per heavy atom. The van der Waals surface area contributed by atoms with E-state index in [1.54, 1.807) is 17.3 Å². The summed E-state index contributed by atoms with van der Waals surface area (Å²) in [6.07, 6.45) is 4.82. The standard InChI is InChI=1S/C25H24N8O2/c34-33(35)23-24(31-16-14-30(15-17-31)21-10-4-6-12-26-21)28-19-29-25(23)32(22-11-5-7-13-27-22)18-20-8-2-1-3-9-20/h1-13,19H,14-18H2. The summed E-state index contributed by atoms with van der Waals surface area (Å²) in [7, 11) is 0. The predicted molar refractivity (Wildman–Crippen MR) is 134 cm³/mol. The first-order valence-corrected chi connectivity index (χ1v) is 11.3. The van der Waals surface area contributed by atoms with Gasteiger partial charge in [0.2, 0.25) is 11.6 Å². The number of pyridine rings is 2. The van der Waals surface area contributed by atoms with Gasteiger partial charge in [-0.3, -0.25) is 10.1 Å². The molecule has 0 atom stereocenters. The van der Waals surface area contributed by atoms with Gasteiger partial charge in [0.1, 0.15) is 18.0 Å². The van der Waals surface area contributed by atoms with Crippen LogP contribution in [0.1, 0.15) is 5.56 Å². The Balaban J connectivity index is 1.49. The molecule has 0 bridgehead atoms. The minimum absolute atomic E-state index is 0.125. The van der Waals surface area contributed by atoms with Crippen molar-refractivity contribution in [2.24, 2.45) is 0 Å². The van der Waals surface area contributed by atoms with Crippen molar-refractivity contribution in [2.45, 2.75) is 6.54 Å². The highest BCUT2D eigenvalue weighted by Gasteiger charge is 2.32. The summed E-state index contributed by atoms with van der Waals surface area (Å²) in [5.74, 6) is 2.00. The molecular formula is C25H24N8O2. The van der Waals surface area contributed by atoms with E-state index in [1.807, 2.05) is 71.6 Å². The molecule has 0 N–H and O–H groups in total. The van der Waals surface area contributed by atoms with Gasteiger partial charge in [-0.2, -0.15) is 0 Å². The Morgan fingerprint density at radius 1 is 0.800 bits per heavy atom. The summed E-state index contributed by atoms with van der Waals surface area (Å²) in [4.78, 5) is 35.5. The topological polar surface area (TPSA) is 104 Å². The van der Waals surface area contributed by atoms with E-state index in [-0.39, 0.29) is 11.5 Å². The highest BCUT2D eigenvalue weighted by Crippen LogP contribution is 2.38. The van der Waals surface area contributed by atoms with Crippen LogP contribution in [0.5, 0.6) is 0 Å². The monoisotopic (exact) mass is 468 g/mol. The molecular weight excluding hydrogens is 444 g/mol. The zero-order valence-corrected chi connectivity index (χ0v) is 19.0. The minimum Gasteiger partial charge on any atom is -0.353 e. The fraction of sp³-hybridized carbons (Fsp3) is 0.200. The molecule has 5 rings (SSSR count). The van der Waals surface area contributed by atoms with Crippen LogP contribution < -0.4 is 14.7 Å². The van der Waals surface area contributed by atoms with Crippen molar-refractivity contribution in [1.82, 2.24) is 19.9 Å². The van der Waals surface area contributed by atoms with Crippen LogP contribution in [0.25, 0.3) is 0 Å². The van der Waals surface area contributed by atoms with Gasteiger partial charge in [-0.15, -0.1) is 0 Å². The van der Waals surface area contributed by atoms with Gasteiger partial charge in [0.15, 0.2) is 0 Å². The number of aromatic nitrogens is 4. The number of hydrogen-bond acceptors (Lipinski definition) is 9. The Labute approximate surface area is 202 Å². The average molecular weight is 469 g/mol. The first-order valence-electron chi connectivity index (χ1n) is 11.3. The fourth-order valence-corrected chi connectivity index (χ4v) is 4.18. The van der Waals surface area contributed by atoms with Crippen molar-refractivity contribution < 1.29 is 4.92 Å². The van der Waals surface area contributed by atoms with E-state index in [2.05, 4.69) is 24.8 Å². The number of benzene rings is 1. The zero-order valence-electron chi connectivity index (χ0n) is 19.0. The van der Waals surface area contributed by atoms with Gasteiger partial charge in [0, 0.05) is 38.6 Å². The molecule has 1 saturated heterocycles. The van der Waals surface area contributed by atoms with Crippen LogP contribution in [-0.2, 0) is 6.54 Å². The van der Waals surface area contributed by atoms with Crippen molar-refractivity contribution in [3.8, 4) is 0 Å². The van der Waals surface area contributed by atoms with Crippen molar-refractivity contribution in [2.75, 3.05) is 40.9 Å². The van der Waals surface area contributed by atoms with Crippen LogP contribution in [0.3, 0.4) is 0 Å². The molecule has 1 aliphatic rings. The van der Waals surface area contributed by atoms with Crippen LogP contribution >= 0.6 is 0 Å². The van der Waals surface area contributed by atoms with Crippen molar-refractivity contribution >= 4 is 29.0 Å². The second kappa shape index (κ2) is 10.1. The molecule has 10 heteroatoms. The molecule has 0 radical (unpaired) electrons. The molecule has 0 aliphatic carbocycles. The molecule has 0 spiro atoms. The van der Waals surface area contributed by atoms with Gasteiger partial charge < -0.3 is 14.7 Å². The summed E-state index contributed by atoms with van der Waals surface area (Å²) in [6, 6.07) is 21.0. The second-order valence-electron chi connectivity index (χ2n) is 8.05. The van der Waals surface area contributed by atoms with Crippen molar-refractivity contribution in [3.63, 3.8) is 0 Å². The van der Waals surface area contributed by atoms with Gasteiger partial charge in [-0.1, -0.05) is 42.5 Å². The highest BCUT2D eigenvalue weighted by molar-refractivity contribution is 5.75. The van der Waals surface area contributed by atoms with E-state index in [0.29, 0.717) is 44.4 Å². The largest absolute Gasteiger partial charge is 0.354 e. The molecule has 0 saturated carbocycles. The lowest BCUT2D eigenvalue weighted by Gasteiger charge is -2.36. The third-order valence-corrected chi connectivity index (χ3v) is 5.88. The van der Waals surface area contributed by atoms with Crippen molar-refractivity contribution in [1.29, 1.82) is 0 Å². The molecule has 1 aliphatic heterocycles. The SMILES string of the molecule is O=[N+]([O-])c1c(N2CCN(c3ccccn3)CC2)ncnc1N(Cc1ccccc1)c1ccccn1. The number of hydrogen-bond donors (Lipinski definition) is 0. The van der Waals surface area contributed by atoms with Gasteiger partial charge in [0.05, 0.1) is 11.5 Å². The smallest absolute Gasteiger partial charge is 0.353 e. The van der Waals surface area contributed by atoms with E-state index in [9.17, 15) is 10.1 Å². The summed E-state index contributed by atoms with van der Waals surface area (Å²) >= 11 is 0. The summed E-state index contributed by atoms with van der Waals surface area (Å²) in [5.41, 5.74) is 0.858. The molecule has 0 unspecified atom stereocenters. The van der Waals surface area contributed by atoms with E-state index < -0.39 is 4.92 Å². The van der Waals surface area contributed by atoms with E-state index in [4.69, 9.17) is 0 Å². The maximum atomic E-state index is 12.4. The Morgan fingerprint density at radius 3 is 2.14 bits per heavy atom. The Hall–Kier alpha value is -4.60. The maximum absolute atomic E-state index is 12.4. The van der Waals surface area contributed by atoms with E-state index in [0.717, 1.165) is 11.4 Å². The first-order chi connectivity index (χ1) is 17.2. The van der Waals surface area contributed by atoms with Crippen LogP contribution in [0.2, 0.25) is 0 Å². The molecule has 10 nitrogen and oxygen atoms in total.